The molecule has 0 spiro atoms. The van der Waals surface area contributed by atoms with E-state index in [1.54, 1.807) is 6.92 Å². The maximum absolute atomic E-state index is 10.5. The van der Waals surface area contributed by atoms with Crippen molar-refractivity contribution in [2.75, 3.05) is 0 Å². The molecule has 0 aromatic carbocycles. The lowest BCUT2D eigenvalue weighted by molar-refractivity contribution is -0.107. The molecular weight excluding hydrogens is 249 g/mol. The summed E-state index contributed by atoms with van der Waals surface area (Å²) in [6, 6.07) is 0. The Labute approximate surface area is 97.3 Å². The number of carbonyl (C=O) groups excluding carboxylic acids is 1. The van der Waals surface area contributed by atoms with Crippen LogP contribution in [0.1, 0.15) is 16.8 Å². The second-order valence-corrected chi connectivity index (χ2v) is 4.57. The first-order chi connectivity index (χ1) is 7.85. The fourth-order valence-electron chi connectivity index (χ4n) is 1.27. The zero-order valence-corrected chi connectivity index (χ0v) is 9.92. The number of aromatic hydroxyl groups is 1. The Kier molecular flexibility index (Phi) is 4.36. The third-order valence-electron chi connectivity index (χ3n) is 2.11. The number of aromatic nitrogens is 1. The Morgan fingerprint density at radius 1 is 1.53 bits per heavy atom. The van der Waals surface area contributed by atoms with Crippen LogP contribution >= 0.6 is 7.82 Å². The SMILES string of the molecule is Cc1ncc(COP(=O)(O)O)c(CC=O)c1O. The van der Waals surface area contributed by atoms with Gasteiger partial charge in [-0.3, -0.25) is 9.51 Å². The molecule has 0 radical (unpaired) electrons. The Hall–Kier alpha value is -1.27. The third-order valence-corrected chi connectivity index (χ3v) is 2.57. The van der Waals surface area contributed by atoms with Crippen LogP contribution in [0.25, 0.3) is 0 Å². The van der Waals surface area contributed by atoms with Gasteiger partial charge in [-0.15, -0.1) is 0 Å². The smallest absolute Gasteiger partial charge is 0.469 e. The second-order valence-electron chi connectivity index (χ2n) is 3.33. The molecular formula is C9H12NO6P. The number of phosphoric ester groups is 1. The summed E-state index contributed by atoms with van der Waals surface area (Å²) in [5.74, 6) is -0.163. The summed E-state index contributed by atoms with van der Waals surface area (Å²) in [6.45, 7) is 1.13. The van der Waals surface area contributed by atoms with Crippen LogP contribution in [0.15, 0.2) is 6.20 Å². The Morgan fingerprint density at radius 2 is 2.18 bits per heavy atom. The van der Waals surface area contributed by atoms with Crippen molar-refractivity contribution in [2.24, 2.45) is 0 Å². The van der Waals surface area contributed by atoms with Crippen molar-refractivity contribution >= 4 is 14.1 Å². The van der Waals surface area contributed by atoms with Gasteiger partial charge in [0.1, 0.15) is 12.0 Å². The van der Waals surface area contributed by atoms with E-state index in [-0.39, 0.29) is 23.3 Å². The van der Waals surface area contributed by atoms with E-state index in [1.807, 2.05) is 0 Å². The van der Waals surface area contributed by atoms with E-state index in [1.165, 1.54) is 6.20 Å². The van der Waals surface area contributed by atoms with E-state index < -0.39 is 14.4 Å². The van der Waals surface area contributed by atoms with E-state index in [4.69, 9.17) is 9.79 Å². The van der Waals surface area contributed by atoms with Crippen LogP contribution in [0.5, 0.6) is 5.75 Å². The van der Waals surface area contributed by atoms with Crippen LogP contribution in [0.3, 0.4) is 0 Å². The summed E-state index contributed by atoms with van der Waals surface area (Å²) in [6.07, 6.45) is 1.81. The van der Waals surface area contributed by atoms with Crippen LogP contribution in [-0.2, 0) is 26.9 Å². The molecule has 0 unspecified atom stereocenters. The highest BCUT2D eigenvalue weighted by Gasteiger charge is 2.17. The van der Waals surface area contributed by atoms with Crippen molar-refractivity contribution in [3.05, 3.63) is 23.0 Å². The highest BCUT2D eigenvalue weighted by atomic mass is 31.2. The summed E-state index contributed by atoms with van der Waals surface area (Å²) >= 11 is 0. The molecule has 8 heteroatoms. The highest BCUT2D eigenvalue weighted by Crippen LogP contribution is 2.38. The predicted molar refractivity (Wildman–Crippen MR) is 57.2 cm³/mol. The van der Waals surface area contributed by atoms with Crippen molar-refractivity contribution in [1.29, 1.82) is 0 Å². The molecule has 17 heavy (non-hydrogen) atoms. The monoisotopic (exact) mass is 261 g/mol. The zero-order valence-electron chi connectivity index (χ0n) is 9.03. The number of aryl methyl sites for hydroxylation is 1. The number of phosphoric acid groups is 1. The van der Waals surface area contributed by atoms with Crippen LogP contribution in [0.4, 0.5) is 0 Å². The molecule has 0 aliphatic rings. The van der Waals surface area contributed by atoms with Crippen molar-refractivity contribution in [1.82, 2.24) is 4.98 Å². The molecule has 0 fully saturated rings. The molecule has 0 aliphatic heterocycles. The zero-order chi connectivity index (χ0) is 13.1. The largest absolute Gasteiger partial charge is 0.506 e. The Bertz CT molecular complexity index is 469. The Morgan fingerprint density at radius 3 is 2.71 bits per heavy atom. The topological polar surface area (TPSA) is 117 Å². The fraction of sp³-hybridized carbons (Fsp3) is 0.333. The quantitative estimate of drug-likeness (QED) is 0.520. The van der Waals surface area contributed by atoms with Crippen molar-refractivity contribution in [2.45, 2.75) is 20.0 Å². The van der Waals surface area contributed by atoms with Crippen LogP contribution in [0, 0.1) is 6.92 Å². The van der Waals surface area contributed by atoms with Gasteiger partial charge in [0.25, 0.3) is 0 Å². The molecule has 0 atom stereocenters. The highest BCUT2D eigenvalue weighted by molar-refractivity contribution is 7.46. The minimum atomic E-state index is -4.59. The molecule has 1 heterocycles. The average molecular weight is 261 g/mol. The van der Waals surface area contributed by atoms with E-state index >= 15 is 0 Å². The molecule has 0 saturated carbocycles. The molecule has 3 N–H and O–H groups in total. The number of hydrogen-bond donors (Lipinski definition) is 3. The van der Waals surface area contributed by atoms with Gasteiger partial charge in [0.2, 0.25) is 0 Å². The van der Waals surface area contributed by atoms with Crippen molar-refractivity contribution in [3.63, 3.8) is 0 Å². The van der Waals surface area contributed by atoms with E-state index in [0.29, 0.717) is 12.0 Å². The van der Waals surface area contributed by atoms with E-state index in [2.05, 4.69) is 9.51 Å². The van der Waals surface area contributed by atoms with Gasteiger partial charge in [-0.1, -0.05) is 0 Å². The normalized spacial score (nSPS) is 11.5. The Balaban J connectivity index is 3.02. The van der Waals surface area contributed by atoms with Crippen molar-refractivity contribution < 1.29 is 28.8 Å². The minimum absolute atomic E-state index is 0.0744. The summed E-state index contributed by atoms with van der Waals surface area (Å²) in [5, 5.41) is 9.67. The van der Waals surface area contributed by atoms with Gasteiger partial charge < -0.3 is 19.7 Å². The molecule has 1 aromatic heterocycles. The van der Waals surface area contributed by atoms with Gasteiger partial charge in [-0.05, 0) is 6.92 Å². The summed E-state index contributed by atoms with van der Waals surface area (Å²) < 4.78 is 14.8. The van der Waals surface area contributed by atoms with Gasteiger partial charge in [0.15, 0.2) is 0 Å². The van der Waals surface area contributed by atoms with Crippen LogP contribution in [0.2, 0.25) is 0 Å². The molecule has 0 saturated heterocycles. The first kappa shape index (κ1) is 13.8. The lowest BCUT2D eigenvalue weighted by atomic mass is 10.1. The molecule has 1 rings (SSSR count). The first-order valence-corrected chi connectivity index (χ1v) is 6.18. The number of hydrogen-bond acceptors (Lipinski definition) is 5. The standard InChI is InChI=1S/C9H12NO6P/c1-6-9(12)8(2-3-11)7(4-10-6)5-16-17(13,14)15/h3-4,12H,2,5H2,1H3,(H2,13,14,15). The van der Waals surface area contributed by atoms with E-state index in [0.717, 1.165) is 0 Å². The maximum atomic E-state index is 10.5. The van der Waals surface area contributed by atoms with Gasteiger partial charge in [0.05, 0.1) is 12.3 Å². The van der Waals surface area contributed by atoms with Crippen LogP contribution < -0.4 is 0 Å². The van der Waals surface area contributed by atoms with Gasteiger partial charge in [-0.2, -0.15) is 0 Å². The van der Waals surface area contributed by atoms with Crippen LogP contribution in [-0.4, -0.2) is 26.2 Å². The average Bonchev–Trinajstić information content (AvgIpc) is 2.23. The molecule has 94 valence electrons. The summed E-state index contributed by atoms with van der Waals surface area (Å²) in [5.41, 5.74) is 0.867. The fourth-order valence-corrected chi connectivity index (χ4v) is 1.58. The summed E-state index contributed by atoms with van der Waals surface area (Å²) in [4.78, 5) is 31.4. The number of aldehydes is 1. The predicted octanol–water partition coefficient (Wildman–Crippen LogP) is 0.446. The van der Waals surface area contributed by atoms with Gasteiger partial charge in [-0.25, -0.2) is 4.57 Å². The molecule has 0 aliphatic carbocycles. The number of carbonyl (C=O) groups is 1. The number of pyridine rings is 1. The van der Waals surface area contributed by atoms with Gasteiger partial charge in [0, 0.05) is 23.7 Å². The lowest BCUT2D eigenvalue weighted by Crippen LogP contribution is -2.01. The second kappa shape index (κ2) is 5.37. The van der Waals surface area contributed by atoms with Crippen molar-refractivity contribution in [3.8, 4) is 5.75 Å². The molecule has 0 bridgehead atoms. The maximum Gasteiger partial charge on any atom is 0.469 e. The summed E-state index contributed by atoms with van der Waals surface area (Å²) in [7, 11) is -4.59. The number of nitrogens with zero attached hydrogens (tertiary/aromatic N) is 1. The first-order valence-electron chi connectivity index (χ1n) is 4.65. The molecule has 1 aromatic rings. The minimum Gasteiger partial charge on any atom is -0.506 e. The lowest BCUT2D eigenvalue weighted by Gasteiger charge is -2.11. The van der Waals surface area contributed by atoms with Gasteiger partial charge >= 0.3 is 7.82 Å². The number of rotatable bonds is 5. The third kappa shape index (κ3) is 3.90. The molecule has 0 amide bonds. The van der Waals surface area contributed by atoms with E-state index in [9.17, 15) is 14.5 Å². The molecule has 7 nitrogen and oxygen atoms in total.